The second-order valence-electron chi connectivity index (χ2n) is 3.50. The van der Waals surface area contributed by atoms with E-state index in [1.54, 1.807) is 32.4 Å². The lowest BCUT2D eigenvalue weighted by Gasteiger charge is -2.16. The van der Waals surface area contributed by atoms with E-state index in [1.807, 2.05) is 0 Å². The van der Waals surface area contributed by atoms with E-state index < -0.39 is 0 Å². The topological polar surface area (TPSA) is 54.3 Å². The van der Waals surface area contributed by atoms with Crippen molar-refractivity contribution in [1.82, 2.24) is 0 Å². The number of anilines is 1. The van der Waals surface area contributed by atoms with Crippen LogP contribution in [0, 0.1) is 11.3 Å². The van der Waals surface area contributed by atoms with Gasteiger partial charge in [-0.25, -0.2) is 0 Å². The Labute approximate surface area is 106 Å². The molecule has 92 valence electrons. The minimum atomic E-state index is -0.0643. The molecule has 1 rings (SSSR count). The van der Waals surface area contributed by atoms with E-state index in [9.17, 15) is 0 Å². The molecule has 0 aliphatic heterocycles. The second kappa shape index (κ2) is 7.13. The summed E-state index contributed by atoms with van der Waals surface area (Å²) in [7, 11) is 3.24. The maximum atomic E-state index is 8.95. The molecule has 0 amide bonds. The van der Waals surface area contributed by atoms with Gasteiger partial charge in [0.2, 0.25) is 0 Å². The summed E-state index contributed by atoms with van der Waals surface area (Å²) in [5, 5.41) is 12.7. The van der Waals surface area contributed by atoms with Gasteiger partial charge in [0, 0.05) is 25.8 Å². The highest BCUT2D eigenvalue weighted by Gasteiger charge is 2.08. The molecule has 1 N–H and O–H groups in total. The van der Waals surface area contributed by atoms with Gasteiger partial charge in [-0.3, -0.25) is 0 Å². The predicted octanol–water partition coefficient (Wildman–Crippen LogP) is 2.28. The molecule has 0 aromatic heterocycles. The fraction of sp³-hybridized carbons (Fsp3) is 0.417. The number of nitrogens with zero attached hydrogens (tertiary/aromatic N) is 1. The van der Waals surface area contributed by atoms with Crippen LogP contribution in [0.25, 0.3) is 0 Å². The fourth-order valence-electron chi connectivity index (χ4n) is 1.38. The molecule has 1 unspecified atom stereocenters. The second-order valence-corrected chi connectivity index (χ2v) is 3.93. The first-order valence-corrected chi connectivity index (χ1v) is 5.54. The van der Waals surface area contributed by atoms with Crippen molar-refractivity contribution in [3.8, 4) is 6.07 Å². The largest absolute Gasteiger partial charge is 0.382 e. The zero-order valence-corrected chi connectivity index (χ0v) is 10.6. The van der Waals surface area contributed by atoms with Crippen molar-refractivity contribution in [3.05, 3.63) is 28.8 Å². The van der Waals surface area contributed by atoms with Crippen molar-refractivity contribution in [3.63, 3.8) is 0 Å². The van der Waals surface area contributed by atoms with Gasteiger partial charge in [-0.15, -0.1) is 0 Å². The molecule has 1 atom stereocenters. The molecule has 17 heavy (non-hydrogen) atoms. The third kappa shape index (κ3) is 4.23. The average Bonchev–Trinajstić information content (AvgIpc) is 2.34. The normalized spacial score (nSPS) is 11.9. The summed E-state index contributed by atoms with van der Waals surface area (Å²) in [5.74, 6) is 0. The van der Waals surface area contributed by atoms with Gasteiger partial charge in [0.25, 0.3) is 0 Å². The summed E-state index contributed by atoms with van der Waals surface area (Å²) in [6, 6.07) is 7.20. The number of nitrogens with one attached hydrogen (secondary N) is 1. The van der Waals surface area contributed by atoms with Gasteiger partial charge in [0.1, 0.15) is 6.07 Å². The molecule has 1 aromatic carbocycles. The van der Waals surface area contributed by atoms with Crippen molar-refractivity contribution < 1.29 is 9.47 Å². The lowest BCUT2D eigenvalue weighted by atomic mass is 10.2. The van der Waals surface area contributed by atoms with Gasteiger partial charge < -0.3 is 14.8 Å². The van der Waals surface area contributed by atoms with Gasteiger partial charge in [-0.2, -0.15) is 5.26 Å². The first-order valence-electron chi connectivity index (χ1n) is 5.16. The SMILES string of the molecule is COCC(CNc1cc(Cl)ccc1C#N)OC. The lowest BCUT2D eigenvalue weighted by molar-refractivity contribution is 0.0365. The van der Waals surface area contributed by atoms with Gasteiger partial charge in [0.05, 0.1) is 24.0 Å². The molecular weight excluding hydrogens is 240 g/mol. The molecule has 0 heterocycles. The predicted molar refractivity (Wildman–Crippen MR) is 67.3 cm³/mol. The number of benzene rings is 1. The van der Waals surface area contributed by atoms with Gasteiger partial charge in [-0.1, -0.05) is 11.6 Å². The minimum absolute atomic E-state index is 0.0643. The maximum Gasteiger partial charge on any atom is 0.101 e. The van der Waals surface area contributed by atoms with E-state index in [-0.39, 0.29) is 6.10 Å². The van der Waals surface area contributed by atoms with Crippen LogP contribution in [0.15, 0.2) is 18.2 Å². The van der Waals surface area contributed by atoms with E-state index >= 15 is 0 Å². The highest BCUT2D eigenvalue weighted by Crippen LogP contribution is 2.20. The molecule has 0 bridgehead atoms. The van der Waals surface area contributed by atoms with Gasteiger partial charge >= 0.3 is 0 Å². The van der Waals surface area contributed by atoms with Crippen molar-refractivity contribution in [2.45, 2.75) is 6.10 Å². The summed E-state index contributed by atoms with van der Waals surface area (Å²) < 4.78 is 10.2. The Hall–Kier alpha value is -1.28. The number of methoxy groups -OCH3 is 2. The van der Waals surface area contributed by atoms with Crippen LogP contribution in [0.4, 0.5) is 5.69 Å². The molecule has 1 aromatic rings. The van der Waals surface area contributed by atoms with E-state index in [4.69, 9.17) is 26.3 Å². The van der Waals surface area contributed by atoms with Crippen LogP contribution in [0.2, 0.25) is 5.02 Å². The van der Waals surface area contributed by atoms with Crippen LogP contribution in [0.5, 0.6) is 0 Å². The Kier molecular flexibility index (Phi) is 5.78. The van der Waals surface area contributed by atoms with E-state index in [0.29, 0.717) is 29.4 Å². The summed E-state index contributed by atoms with van der Waals surface area (Å²) in [5.41, 5.74) is 1.26. The third-order valence-corrected chi connectivity index (χ3v) is 2.54. The smallest absolute Gasteiger partial charge is 0.101 e. The molecule has 0 aliphatic rings. The van der Waals surface area contributed by atoms with E-state index in [2.05, 4.69) is 11.4 Å². The monoisotopic (exact) mass is 254 g/mol. The molecular formula is C12H15ClN2O2. The fourth-order valence-corrected chi connectivity index (χ4v) is 1.55. The summed E-state index contributed by atoms with van der Waals surface area (Å²) in [6.07, 6.45) is -0.0643. The van der Waals surface area contributed by atoms with Crippen molar-refractivity contribution in [1.29, 1.82) is 5.26 Å². The van der Waals surface area contributed by atoms with Crippen molar-refractivity contribution in [2.75, 3.05) is 32.7 Å². The van der Waals surface area contributed by atoms with Crippen LogP contribution in [0.1, 0.15) is 5.56 Å². The van der Waals surface area contributed by atoms with Crippen molar-refractivity contribution in [2.24, 2.45) is 0 Å². The summed E-state index contributed by atoms with van der Waals surface area (Å²) in [6.45, 7) is 1.05. The standard InChI is InChI=1S/C12H15ClN2O2/c1-16-8-11(17-2)7-15-12-5-10(13)4-3-9(12)6-14/h3-5,11,15H,7-8H2,1-2H3. The Morgan fingerprint density at radius 2 is 2.24 bits per heavy atom. The Morgan fingerprint density at radius 3 is 2.82 bits per heavy atom. The highest BCUT2D eigenvalue weighted by atomic mass is 35.5. The maximum absolute atomic E-state index is 8.95. The van der Waals surface area contributed by atoms with E-state index in [0.717, 1.165) is 0 Å². The first-order chi connectivity index (χ1) is 8.21. The van der Waals surface area contributed by atoms with Crippen LogP contribution in [-0.4, -0.2) is 33.5 Å². The number of nitriles is 1. The number of halogens is 1. The lowest BCUT2D eigenvalue weighted by Crippen LogP contribution is -2.26. The minimum Gasteiger partial charge on any atom is -0.382 e. The van der Waals surface area contributed by atoms with Crippen LogP contribution in [-0.2, 0) is 9.47 Å². The molecule has 0 saturated heterocycles. The first kappa shape index (κ1) is 13.8. The molecule has 0 saturated carbocycles. The Morgan fingerprint density at radius 1 is 1.47 bits per heavy atom. The number of hydrogen-bond donors (Lipinski definition) is 1. The molecule has 4 nitrogen and oxygen atoms in total. The average molecular weight is 255 g/mol. The van der Waals surface area contributed by atoms with Crippen LogP contribution in [0.3, 0.4) is 0 Å². The third-order valence-electron chi connectivity index (χ3n) is 2.31. The Balaban J connectivity index is 2.68. The number of ether oxygens (including phenoxy) is 2. The zero-order chi connectivity index (χ0) is 12.7. The van der Waals surface area contributed by atoms with Gasteiger partial charge in [-0.05, 0) is 18.2 Å². The van der Waals surface area contributed by atoms with E-state index in [1.165, 1.54) is 0 Å². The zero-order valence-electron chi connectivity index (χ0n) is 9.87. The number of rotatable bonds is 6. The summed E-state index contributed by atoms with van der Waals surface area (Å²) >= 11 is 5.88. The molecule has 5 heteroatoms. The number of hydrogen-bond acceptors (Lipinski definition) is 4. The summed E-state index contributed by atoms with van der Waals surface area (Å²) in [4.78, 5) is 0. The molecule has 0 fully saturated rings. The van der Waals surface area contributed by atoms with Crippen LogP contribution >= 0.6 is 11.6 Å². The molecule has 0 spiro atoms. The molecule has 0 aliphatic carbocycles. The Bertz CT molecular complexity index is 404. The van der Waals surface area contributed by atoms with Gasteiger partial charge in [0.15, 0.2) is 0 Å². The quantitative estimate of drug-likeness (QED) is 0.846. The van der Waals surface area contributed by atoms with Crippen molar-refractivity contribution >= 4 is 17.3 Å². The highest BCUT2D eigenvalue weighted by molar-refractivity contribution is 6.30. The van der Waals surface area contributed by atoms with Crippen LogP contribution < -0.4 is 5.32 Å². The molecule has 0 radical (unpaired) electrons.